The third-order valence-corrected chi connectivity index (χ3v) is 10.9. The van der Waals surface area contributed by atoms with E-state index in [9.17, 15) is 0 Å². The van der Waals surface area contributed by atoms with Crippen molar-refractivity contribution in [1.82, 2.24) is 4.57 Å². The molecule has 0 amide bonds. The van der Waals surface area contributed by atoms with E-state index < -0.39 is 0 Å². The van der Waals surface area contributed by atoms with E-state index in [0.717, 1.165) is 17.1 Å². The molecule has 0 fully saturated rings. The van der Waals surface area contributed by atoms with Gasteiger partial charge in [-0.15, -0.1) is 11.3 Å². The third kappa shape index (κ3) is 4.47. The summed E-state index contributed by atoms with van der Waals surface area (Å²) < 4.78 is 4.97. The number of hydrogen-bond acceptors (Lipinski definition) is 2. The highest BCUT2D eigenvalue weighted by atomic mass is 32.1. The summed E-state index contributed by atoms with van der Waals surface area (Å²) in [5.41, 5.74) is 9.40. The molecule has 0 aliphatic rings. The molecule has 2 nitrogen and oxygen atoms in total. The SMILES string of the molecule is c1ccc(-c2ccccc2N(c2ccc3c(c2)c2ccccc2n3-c2ccccc2)c2cccc3c2sc2cc4ccccc4cc23)cc1. The van der Waals surface area contributed by atoms with E-state index in [4.69, 9.17) is 0 Å². The van der Waals surface area contributed by atoms with Gasteiger partial charge in [-0.05, 0) is 77.0 Å². The Balaban J connectivity index is 1.28. The normalized spacial score (nSPS) is 11.7. The van der Waals surface area contributed by atoms with Crippen LogP contribution in [0.4, 0.5) is 17.1 Å². The molecule has 0 saturated heterocycles. The molecule has 230 valence electrons. The monoisotopic (exact) mass is 642 g/mol. The van der Waals surface area contributed by atoms with Crippen molar-refractivity contribution in [3.8, 4) is 16.8 Å². The van der Waals surface area contributed by atoms with E-state index in [1.165, 1.54) is 69.6 Å². The third-order valence-electron chi connectivity index (χ3n) is 9.74. The van der Waals surface area contributed by atoms with Crippen LogP contribution in [0.2, 0.25) is 0 Å². The number of fused-ring (bicyclic) bond motifs is 7. The van der Waals surface area contributed by atoms with Gasteiger partial charge >= 0.3 is 0 Å². The predicted molar refractivity (Wildman–Crippen MR) is 211 cm³/mol. The molecule has 0 atom stereocenters. The van der Waals surface area contributed by atoms with Crippen molar-refractivity contribution in [2.75, 3.05) is 4.90 Å². The lowest BCUT2D eigenvalue weighted by atomic mass is 10.0. The summed E-state index contributed by atoms with van der Waals surface area (Å²) in [5, 5.41) is 7.60. The molecule has 10 aromatic rings. The summed E-state index contributed by atoms with van der Waals surface area (Å²) in [7, 11) is 0. The van der Waals surface area contributed by atoms with E-state index in [1.807, 2.05) is 11.3 Å². The molecule has 3 heteroatoms. The second-order valence-corrected chi connectivity index (χ2v) is 13.6. The minimum atomic E-state index is 1.13. The summed E-state index contributed by atoms with van der Waals surface area (Å²) in [6.07, 6.45) is 0. The quantitative estimate of drug-likeness (QED) is 0.181. The Morgan fingerprint density at radius 1 is 0.429 bits per heavy atom. The van der Waals surface area contributed by atoms with Gasteiger partial charge in [0, 0.05) is 43.2 Å². The fourth-order valence-corrected chi connectivity index (χ4v) is 8.77. The Kier molecular flexibility index (Phi) is 6.39. The maximum atomic E-state index is 2.48. The van der Waals surface area contributed by atoms with Crippen molar-refractivity contribution in [2.45, 2.75) is 0 Å². The highest BCUT2D eigenvalue weighted by molar-refractivity contribution is 7.26. The summed E-state index contributed by atoms with van der Waals surface area (Å²) >= 11 is 1.88. The molecule has 2 aromatic heterocycles. The van der Waals surface area contributed by atoms with Crippen LogP contribution < -0.4 is 4.90 Å². The van der Waals surface area contributed by atoms with Crippen molar-refractivity contribution in [1.29, 1.82) is 0 Å². The van der Waals surface area contributed by atoms with Gasteiger partial charge in [0.25, 0.3) is 0 Å². The van der Waals surface area contributed by atoms with Crippen LogP contribution >= 0.6 is 11.3 Å². The van der Waals surface area contributed by atoms with E-state index in [2.05, 4.69) is 191 Å². The number of benzene rings is 8. The van der Waals surface area contributed by atoms with Crippen LogP contribution in [0.15, 0.2) is 182 Å². The number of hydrogen-bond donors (Lipinski definition) is 0. The molecule has 0 saturated carbocycles. The van der Waals surface area contributed by atoms with Crippen LogP contribution in [0.25, 0.3) is 69.6 Å². The van der Waals surface area contributed by atoms with Crippen molar-refractivity contribution < 1.29 is 0 Å². The first-order valence-corrected chi connectivity index (χ1v) is 17.5. The topological polar surface area (TPSA) is 8.17 Å². The molecule has 8 aromatic carbocycles. The number of nitrogens with zero attached hydrogens (tertiary/aromatic N) is 2. The molecule has 0 N–H and O–H groups in total. The first-order chi connectivity index (χ1) is 24.3. The second kappa shape index (κ2) is 11.2. The molecule has 0 aliphatic heterocycles. The Labute approximate surface area is 288 Å². The molecule has 0 radical (unpaired) electrons. The average Bonchev–Trinajstić information content (AvgIpc) is 3.70. The Bertz CT molecular complexity index is 2830. The summed E-state index contributed by atoms with van der Waals surface area (Å²) in [6, 6.07) is 66.2. The molecule has 0 spiro atoms. The smallest absolute Gasteiger partial charge is 0.0640 e. The van der Waals surface area contributed by atoms with Gasteiger partial charge in [0.2, 0.25) is 0 Å². The maximum Gasteiger partial charge on any atom is 0.0640 e. The standard InChI is InChI=1S/C46H30N2S/c1-3-14-31(15-4-1)36-20-9-11-23-41(36)48(44-25-13-22-38-40-28-32-16-7-8-17-33(32)29-45(40)49-46(38)44)35-26-27-43-39(30-35)37-21-10-12-24-42(37)47(43)34-18-5-2-6-19-34/h1-30H. The first kappa shape index (κ1) is 27.9. The zero-order chi connectivity index (χ0) is 32.3. The van der Waals surface area contributed by atoms with Gasteiger partial charge < -0.3 is 9.47 Å². The van der Waals surface area contributed by atoms with E-state index in [1.54, 1.807) is 0 Å². The van der Waals surface area contributed by atoms with Crippen molar-refractivity contribution in [2.24, 2.45) is 0 Å². The van der Waals surface area contributed by atoms with Gasteiger partial charge in [0.05, 0.1) is 27.1 Å². The van der Waals surface area contributed by atoms with Crippen molar-refractivity contribution in [3.05, 3.63) is 182 Å². The van der Waals surface area contributed by atoms with Crippen LogP contribution in [0.5, 0.6) is 0 Å². The number of thiophene rings is 1. The van der Waals surface area contributed by atoms with Gasteiger partial charge in [-0.25, -0.2) is 0 Å². The second-order valence-electron chi connectivity index (χ2n) is 12.6. The lowest BCUT2D eigenvalue weighted by molar-refractivity contribution is 1.18. The van der Waals surface area contributed by atoms with Crippen LogP contribution in [-0.2, 0) is 0 Å². The fraction of sp³-hybridized carbons (Fsp3) is 0. The minimum Gasteiger partial charge on any atom is -0.309 e. The molecule has 49 heavy (non-hydrogen) atoms. The summed E-state index contributed by atoms with van der Waals surface area (Å²) in [6.45, 7) is 0. The minimum absolute atomic E-state index is 1.13. The number of para-hydroxylation sites is 3. The van der Waals surface area contributed by atoms with Gasteiger partial charge in [-0.1, -0.05) is 121 Å². The Hall–Kier alpha value is -6.16. The zero-order valence-electron chi connectivity index (χ0n) is 26.6. The largest absolute Gasteiger partial charge is 0.309 e. The van der Waals surface area contributed by atoms with E-state index in [0.29, 0.717) is 0 Å². The van der Waals surface area contributed by atoms with Crippen LogP contribution in [0, 0.1) is 0 Å². The van der Waals surface area contributed by atoms with Gasteiger partial charge in [-0.2, -0.15) is 0 Å². The maximum absolute atomic E-state index is 2.48. The lowest BCUT2D eigenvalue weighted by Gasteiger charge is -2.28. The molecule has 10 rings (SSSR count). The fourth-order valence-electron chi connectivity index (χ4n) is 7.54. The highest BCUT2D eigenvalue weighted by Gasteiger charge is 2.22. The van der Waals surface area contributed by atoms with Gasteiger partial charge in [0.1, 0.15) is 0 Å². The predicted octanol–water partition coefficient (Wildman–Crippen LogP) is 13.4. The van der Waals surface area contributed by atoms with Crippen molar-refractivity contribution >= 4 is 81.1 Å². The average molecular weight is 643 g/mol. The lowest BCUT2D eigenvalue weighted by Crippen LogP contribution is -2.11. The van der Waals surface area contributed by atoms with Crippen LogP contribution in [0.3, 0.4) is 0 Å². The Morgan fingerprint density at radius 3 is 1.94 bits per heavy atom. The number of aromatic nitrogens is 1. The number of anilines is 3. The molecule has 2 heterocycles. The van der Waals surface area contributed by atoms with Gasteiger partial charge in [-0.3, -0.25) is 0 Å². The van der Waals surface area contributed by atoms with E-state index in [-0.39, 0.29) is 0 Å². The van der Waals surface area contributed by atoms with E-state index >= 15 is 0 Å². The molecular formula is C46H30N2S. The molecule has 0 aliphatic carbocycles. The molecule has 0 unspecified atom stereocenters. The molecular weight excluding hydrogens is 613 g/mol. The highest BCUT2D eigenvalue weighted by Crippen LogP contribution is 2.48. The molecule has 0 bridgehead atoms. The van der Waals surface area contributed by atoms with Crippen molar-refractivity contribution in [3.63, 3.8) is 0 Å². The first-order valence-electron chi connectivity index (χ1n) is 16.7. The van der Waals surface area contributed by atoms with Gasteiger partial charge in [0.15, 0.2) is 0 Å². The Morgan fingerprint density at radius 2 is 1.08 bits per heavy atom. The summed E-state index contributed by atoms with van der Waals surface area (Å²) in [4.78, 5) is 2.48. The number of rotatable bonds is 5. The van der Waals surface area contributed by atoms with Crippen LogP contribution in [-0.4, -0.2) is 4.57 Å². The summed E-state index contributed by atoms with van der Waals surface area (Å²) in [5.74, 6) is 0. The zero-order valence-corrected chi connectivity index (χ0v) is 27.4. The van der Waals surface area contributed by atoms with Crippen LogP contribution in [0.1, 0.15) is 0 Å².